The van der Waals surface area contributed by atoms with Gasteiger partial charge in [-0.15, -0.1) is 0 Å². The van der Waals surface area contributed by atoms with Crippen LogP contribution >= 0.6 is 0 Å². The number of anilines is 1. The summed E-state index contributed by atoms with van der Waals surface area (Å²) in [5, 5.41) is 3.67. The number of ether oxygens (including phenoxy) is 1. The van der Waals surface area contributed by atoms with Crippen molar-refractivity contribution in [2.75, 3.05) is 18.4 Å². The van der Waals surface area contributed by atoms with E-state index in [1.165, 1.54) is 5.56 Å². The van der Waals surface area contributed by atoms with E-state index in [9.17, 15) is 9.59 Å². The molecule has 0 fully saturated rings. The number of nitrogens with zero attached hydrogens (tertiary/aromatic N) is 2. The van der Waals surface area contributed by atoms with Gasteiger partial charge in [0.05, 0.1) is 11.1 Å². The van der Waals surface area contributed by atoms with Crippen molar-refractivity contribution in [2.24, 2.45) is 0 Å². The standard InChI is InChI=1S/C29H35N3O3/c1-5-16-32-17-15-25-23(18-32)27(22-9-7-8-10-24(22)31-25)29(34)35-26(6-2)28(33)30-21-13-11-20(12-14-21)19(3)4/h7-14,19,26H,5-6,15-18H2,1-4H3,(H,30,33). The monoisotopic (exact) mass is 473 g/mol. The van der Waals surface area contributed by atoms with Crippen molar-refractivity contribution < 1.29 is 14.3 Å². The van der Waals surface area contributed by atoms with E-state index < -0.39 is 12.1 Å². The Morgan fingerprint density at radius 1 is 1.09 bits per heavy atom. The third-order valence-electron chi connectivity index (χ3n) is 6.63. The lowest BCUT2D eigenvalue weighted by atomic mass is 9.95. The summed E-state index contributed by atoms with van der Waals surface area (Å²) in [4.78, 5) is 33.8. The first kappa shape index (κ1) is 24.9. The Hall–Kier alpha value is -3.25. The molecular formula is C29H35N3O3. The maximum Gasteiger partial charge on any atom is 0.340 e. The van der Waals surface area contributed by atoms with Crippen LogP contribution in [0.4, 0.5) is 5.69 Å². The number of hydrogen-bond donors (Lipinski definition) is 1. The van der Waals surface area contributed by atoms with Crippen LogP contribution in [-0.4, -0.2) is 41.0 Å². The normalized spacial score (nSPS) is 14.5. The maximum atomic E-state index is 13.6. The van der Waals surface area contributed by atoms with Crippen molar-refractivity contribution in [1.82, 2.24) is 9.88 Å². The quantitative estimate of drug-likeness (QED) is 0.425. The number of pyridine rings is 1. The zero-order valence-corrected chi connectivity index (χ0v) is 21.1. The molecule has 184 valence electrons. The van der Waals surface area contributed by atoms with Gasteiger partial charge in [-0.2, -0.15) is 0 Å². The van der Waals surface area contributed by atoms with Gasteiger partial charge in [-0.1, -0.05) is 58.0 Å². The fourth-order valence-electron chi connectivity index (χ4n) is 4.67. The van der Waals surface area contributed by atoms with Crippen molar-refractivity contribution in [3.63, 3.8) is 0 Å². The summed E-state index contributed by atoms with van der Waals surface area (Å²) in [6, 6.07) is 15.5. The molecule has 0 bridgehead atoms. The third kappa shape index (κ3) is 5.54. The van der Waals surface area contributed by atoms with Gasteiger partial charge in [0.2, 0.25) is 0 Å². The van der Waals surface area contributed by atoms with E-state index in [-0.39, 0.29) is 5.91 Å². The molecule has 6 heteroatoms. The molecule has 1 aliphatic heterocycles. The van der Waals surface area contributed by atoms with Crippen LogP contribution in [0.3, 0.4) is 0 Å². The van der Waals surface area contributed by atoms with Gasteiger partial charge >= 0.3 is 5.97 Å². The summed E-state index contributed by atoms with van der Waals surface area (Å²) in [5.41, 5.74) is 5.09. The summed E-state index contributed by atoms with van der Waals surface area (Å²) in [6.07, 6.45) is 1.34. The largest absolute Gasteiger partial charge is 0.449 e. The average molecular weight is 474 g/mol. The number of para-hydroxylation sites is 1. The predicted molar refractivity (Wildman–Crippen MR) is 140 cm³/mol. The van der Waals surface area contributed by atoms with E-state index in [0.29, 0.717) is 30.1 Å². The SMILES string of the molecule is CCCN1CCc2nc3ccccc3c(C(=O)OC(CC)C(=O)Nc3ccc(C(C)C)cc3)c2C1. The summed E-state index contributed by atoms with van der Waals surface area (Å²) >= 11 is 0. The zero-order chi connectivity index (χ0) is 24.9. The van der Waals surface area contributed by atoms with Gasteiger partial charge in [0.25, 0.3) is 5.91 Å². The number of carbonyl (C=O) groups excluding carboxylic acids is 2. The predicted octanol–water partition coefficient (Wildman–Crippen LogP) is 5.70. The molecule has 6 nitrogen and oxygen atoms in total. The van der Waals surface area contributed by atoms with E-state index in [1.807, 2.05) is 55.5 Å². The first-order valence-corrected chi connectivity index (χ1v) is 12.7. The van der Waals surface area contributed by atoms with Gasteiger partial charge in [-0.25, -0.2) is 4.79 Å². The fourth-order valence-corrected chi connectivity index (χ4v) is 4.67. The van der Waals surface area contributed by atoms with Crippen molar-refractivity contribution in [2.45, 2.75) is 65.5 Å². The molecule has 1 N–H and O–H groups in total. The maximum absolute atomic E-state index is 13.6. The Bertz CT molecular complexity index is 1200. The molecule has 0 aliphatic carbocycles. The smallest absolute Gasteiger partial charge is 0.340 e. The molecule has 35 heavy (non-hydrogen) atoms. The third-order valence-corrected chi connectivity index (χ3v) is 6.63. The summed E-state index contributed by atoms with van der Waals surface area (Å²) in [7, 11) is 0. The second kappa shape index (κ2) is 11.0. The molecule has 2 aromatic carbocycles. The Morgan fingerprint density at radius 2 is 1.83 bits per heavy atom. The van der Waals surface area contributed by atoms with E-state index in [2.05, 4.69) is 31.0 Å². The lowest BCUT2D eigenvalue weighted by Gasteiger charge is -2.30. The number of rotatable bonds is 8. The highest BCUT2D eigenvalue weighted by Crippen LogP contribution is 2.29. The van der Waals surface area contributed by atoms with Gasteiger partial charge in [0.15, 0.2) is 6.10 Å². The second-order valence-corrected chi connectivity index (χ2v) is 9.52. The van der Waals surface area contributed by atoms with Gasteiger partial charge in [0, 0.05) is 41.8 Å². The molecule has 1 amide bonds. The number of esters is 1. The lowest BCUT2D eigenvalue weighted by molar-refractivity contribution is -0.124. The minimum absolute atomic E-state index is 0.321. The molecule has 0 spiro atoms. The molecule has 0 radical (unpaired) electrons. The van der Waals surface area contributed by atoms with Gasteiger partial charge in [0.1, 0.15) is 0 Å². The van der Waals surface area contributed by atoms with Crippen LogP contribution in [0.25, 0.3) is 10.9 Å². The highest BCUT2D eigenvalue weighted by atomic mass is 16.5. The van der Waals surface area contributed by atoms with Crippen molar-refractivity contribution in [3.05, 3.63) is 70.9 Å². The van der Waals surface area contributed by atoms with Gasteiger partial charge in [-0.3, -0.25) is 14.7 Å². The summed E-state index contributed by atoms with van der Waals surface area (Å²) < 4.78 is 5.85. The van der Waals surface area contributed by atoms with E-state index in [1.54, 1.807) is 0 Å². The Morgan fingerprint density at radius 3 is 2.51 bits per heavy atom. The zero-order valence-electron chi connectivity index (χ0n) is 21.1. The Kier molecular flexibility index (Phi) is 7.81. The van der Waals surface area contributed by atoms with Crippen molar-refractivity contribution in [3.8, 4) is 0 Å². The first-order valence-electron chi connectivity index (χ1n) is 12.7. The number of fused-ring (bicyclic) bond motifs is 2. The van der Waals surface area contributed by atoms with Crippen LogP contribution in [0, 0.1) is 0 Å². The number of benzene rings is 2. The van der Waals surface area contributed by atoms with E-state index in [0.717, 1.165) is 48.1 Å². The highest BCUT2D eigenvalue weighted by molar-refractivity contribution is 6.06. The highest BCUT2D eigenvalue weighted by Gasteiger charge is 2.29. The van der Waals surface area contributed by atoms with Crippen LogP contribution in [-0.2, 0) is 22.5 Å². The molecule has 4 rings (SSSR count). The Labute approximate surface area is 207 Å². The second-order valence-electron chi connectivity index (χ2n) is 9.52. The lowest BCUT2D eigenvalue weighted by Crippen LogP contribution is -2.35. The molecule has 3 aromatic rings. The summed E-state index contributed by atoms with van der Waals surface area (Å²) in [5.74, 6) is -0.369. The molecular weight excluding hydrogens is 438 g/mol. The minimum atomic E-state index is -0.884. The number of carbonyl (C=O) groups is 2. The summed E-state index contributed by atoms with van der Waals surface area (Å²) in [6.45, 7) is 10.8. The number of aromatic nitrogens is 1. The van der Waals surface area contributed by atoms with Crippen LogP contribution in [0.1, 0.15) is 73.6 Å². The first-order chi connectivity index (χ1) is 16.9. The molecule has 1 unspecified atom stereocenters. The van der Waals surface area contributed by atoms with Crippen LogP contribution in [0.15, 0.2) is 48.5 Å². The molecule has 1 aliphatic rings. The van der Waals surface area contributed by atoms with Crippen LogP contribution < -0.4 is 5.32 Å². The average Bonchev–Trinajstić information content (AvgIpc) is 2.86. The number of hydrogen-bond acceptors (Lipinski definition) is 5. The molecule has 0 saturated heterocycles. The molecule has 1 atom stereocenters. The molecule has 1 aromatic heterocycles. The Balaban J connectivity index is 1.59. The van der Waals surface area contributed by atoms with E-state index >= 15 is 0 Å². The van der Waals surface area contributed by atoms with Crippen molar-refractivity contribution in [1.29, 1.82) is 0 Å². The minimum Gasteiger partial charge on any atom is -0.449 e. The van der Waals surface area contributed by atoms with Crippen LogP contribution in [0.5, 0.6) is 0 Å². The number of nitrogens with one attached hydrogen (secondary N) is 1. The molecule has 0 saturated carbocycles. The molecule has 2 heterocycles. The topological polar surface area (TPSA) is 71.5 Å². The fraction of sp³-hybridized carbons (Fsp3) is 0.414. The van der Waals surface area contributed by atoms with Crippen LogP contribution in [0.2, 0.25) is 0 Å². The van der Waals surface area contributed by atoms with E-state index in [4.69, 9.17) is 9.72 Å². The van der Waals surface area contributed by atoms with Gasteiger partial charge < -0.3 is 10.1 Å². The van der Waals surface area contributed by atoms with Crippen molar-refractivity contribution >= 4 is 28.5 Å². The number of amides is 1. The van der Waals surface area contributed by atoms with Gasteiger partial charge in [-0.05, 0) is 49.1 Å².